The predicted octanol–water partition coefficient (Wildman–Crippen LogP) is 1.28. The summed E-state index contributed by atoms with van der Waals surface area (Å²) < 4.78 is 52.2. The van der Waals surface area contributed by atoms with Gasteiger partial charge in [0.15, 0.2) is 5.03 Å². The number of hydrogen-bond donors (Lipinski definition) is 1. The number of ether oxygens (including phenoxy) is 1. The molecular formula is C7H7F2IN2O3S. The summed E-state index contributed by atoms with van der Waals surface area (Å²) in [5.74, 6) is -0.0853. The van der Waals surface area contributed by atoms with Gasteiger partial charge >= 0.3 is 0 Å². The van der Waals surface area contributed by atoms with Gasteiger partial charge < -0.3 is 4.74 Å². The van der Waals surface area contributed by atoms with Crippen molar-refractivity contribution in [2.75, 3.05) is 7.11 Å². The van der Waals surface area contributed by atoms with Crippen molar-refractivity contribution in [1.82, 2.24) is 4.98 Å². The van der Waals surface area contributed by atoms with Crippen LogP contribution in [0.5, 0.6) is 5.88 Å². The number of sulfonamides is 1. The highest BCUT2D eigenvalue weighted by molar-refractivity contribution is 14.1. The standard InChI is InChI=1S/C7H7F2IN2O3S/c1-15-4-2-3(10)5(6(8)9)7(12-4)16(11,13)14/h2,6H,1H3,(H2,11,13,14). The minimum absolute atomic E-state index is 0.0310. The van der Waals surface area contributed by atoms with Crippen molar-refractivity contribution in [3.63, 3.8) is 0 Å². The summed E-state index contributed by atoms with van der Waals surface area (Å²) in [6.45, 7) is 0. The van der Waals surface area contributed by atoms with Gasteiger partial charge in [0.2, 0.25) is 5.88 Å². The van der Waals surface area contributed by atoms with Crippen molar-refractivity contribution < 1.29 is 21.9 Å². The minimum atomic E-state index is -4.31. The van der Waals surface area contributed by atoms with Crippen LogP contribution in [-0.4, -0.2) is 20.5 Å². The van der Waals surface area contributed by atoms with Crippen molar-refractivity contribution >= 4 is 32.6 Å². The molecule has 0 aliphatic rings. The highest BCUT2D eigenvalue weighted by Crippen LogP contribution is 2.31. The van der Waals surface area contributed by atoms with Crippen LogP contribution in [0.3, 0.4) is 0 Å². The third kappa shape index (κ3) is 2.77. The lowest BCUT2D eigenvalue weighted by atomic mass is 10.3. The van der Waals surface area contributed by atoms with E-state index in [1.807, 2.05) is 0 Å². The lowest BCUT2D eigenvalue weighted by molar-refractivity contribution is 0.145. The van der Waals surface area contributed by atoms with Crippen molar-refractivity contribution in [2.24, 2.45) is 5.14 Å². The maximum atomic E-state index is 12.6. The fraction of sp³-hybridized carbons (Fsp3) is 0.286. The minimum Gasteiger partial charge on any atom is -0.481 e. The zero-order valence-electron chi connectivity index (χ0n) is 7.95. The Balaban J connectivity index is 3.60. The molecule has 0 saturated carbocycles. The zero-order valence-corrected chi connectivity index (χ0v) is 10.9. The molecule has 1 rings (SSSR count). The fourth-order valence-corrected chi connectivity index (χ4v) is 2.66. The van der Waals surface area contributed by atoms with Crippen LogP contribution in [-0.2, 0) is 10.0 Å². The Morgan fingerprint density at radius 3 is 2.50 bits per heavy atom. The summed E-state index contributed by atoms with van der Waals surface area (Å²) in [7, 11) is -3.07. The Labute approximate surface area is 104 Å². The van der Waals surface area contributed by atoms with Gasteiger partial charge in [-0.05, 0) is 22.6 Å². The van der Waals surface area contributed by atoms with Crippen molar-refractivity contribution in [1.29, 1.82) is 0 Å². The van der Waals surface area contributed by atoms with Crippen molar-refractivity contribution in [2.45, 2.75) is 11.5 Å². The summed E-state index contributed by atoms with van der Waals surface area (Å²) in [4.78, 5) is 3.42. The van der Waals surface area contributed by atoms with E-state index < -0.39 is 27.0 Å². The van der Waals surface area contributed by atoms with Gasteiger partial charge in [-0.2, -0.15) is 4.98 Å². The number of aromatic nitrogens is 1. The average molecular weight is 364 g/mol. The second kappa shape index (κ2) is 4.75. The number of halogens is 3. The summed E-state index contributed by atoms with van der Waals surface area (Å²) in [6, 6.07) is 1.21. The Morgan fingerprint density at radius 1 is 1.56 bits per heavy atom. The Kier molecular flexibility index (Phi) is 4.02. The molecule has 0 amide bonds. The number of alkyl halides is 2. The summed E-state index contributed by atoms with van der Waals surface area (Å²) in [5.41, 5.74) is -0.705. The van der Waals surface area contributed by atoms with Crippen LogP contribution >= 0.6 is 22.6 Å². The van der Waals surface area contributed by atoms with Gasteiger partial charge in [-0.3, -0.25) is 0 Å². The molecule has 0 unspecified atom stereocenters. The van der Waals surface area contributed by atoms with Gasteiger partial charge in [-0.15, -0.1) is 0 Å². The van der Waals surface area contributed by atoms with Gasteiger partial charge in [0, 0.05) is 9.64 Å². The first kappa shape index (κ1) is 13.5. The fourth-order valence-electron chi connectivity index (χ4n) is 1.000. The second-order valence-electron chi connectivity index (χ2n) is 2.71. The molecule has 1 aromatic heterocycles. The average Bonchev–Trinajstić information content (AvgIpc) is 2.14. The number of pyridine rings is 1. The first-order valence-electron chi connectivity index (χ1n) is 3.82. The van der Waals surface area contributed by atoms with Gasteiger partial charge in [0.1, 0.15) is 0 Å². The normalized spacial score (nSPS) is 11.9. The third-order valence-corrected chi connectivity index (χ3v) is 3.39. The van der Waals surface area contributed by atoms with Crippen LogP contribution in [0.25, 0.3) is 0 Å². The number of nitrogens with zero attached hydrogens (tertiary/aromatic N) is 1. The first-order chi connectivity index (χ1) is 7.27. The molecule has 0 bridgehead atoms. The molecule has 0 saturated heterocycles. The molecule has 0 atom stereocenters. The van der Waals surface area contributed by atoms with E-state index >= 15 is 0 Å². The van der Waals surface area contributed by atoms with E-state index in [-0.39, 0.29) is 9.45 Å². The first-order valence-corrected chi connectivity index (χ1v) is 6.45. The van der Waals surface area contributed by atoms with Crippen LogP contribution in [0.1, 0.15) is 12.0 Å². The monoisotopic (exact) mass is 364 g/mol. The maximum absolute atomic E-state index is 12.6. The molecule has 1 heterocycles. The molecule has 16 heavy (non-hydrogen) atoms. The van der Waals surface area contributed by atoms with Gasteiger partial charge in [0.25, 0.3) is 16.4 Å². The molecule has 0 spiro atoms. The predicted molar refractivity (Wildman–Crippen MR) is 59.8 cm³/mol. The summed E-state index contributed by atoms with van der Waals surface area (Å²) >= 11 is 1.57. The van der Waals surface area contributed by atoms with E-state index in [4.69, 9.17) is 5.14 Å². The van der Waals surface area contributed by atoms with Gasteiger partial charge in [-0.1, -0.05) is 0 Å². The number of hydrogen-bond acceptors (Lipinski definition) is 4. The molecule has 1 aromatic rings. The molecule has 0 fully saturated rings. The molecule has 9 heteroatoms. The van der Waals surface area contributed by atoms with Crippen LogP contribution < -0.4 is 9.88 Å². The smallest absolute Gasteiger partial charge is 0.267 e. The quantitative estimate of drug-likeness (QED) is 0.820. The van der Waals surface area contributed by atoms with E-state index in [0.717, 1.165) is 0 Å². The molecule has 0 aromatic carbocycles. The van der Waals surface area contributed by atoms with Crippen LogP contribution in [0.2, 0.25) is 0 Å². The molecule has 0 aliphatic heterocycles. The SMILES string of the molecule is COc1cc(I)c(C(F)F)c(S(N)(=O)=O)n1. The molecule has 0 radical (unpaired) electrons. The van der Waals surface area contributed by atoms with Crippen molar-refractivity contribution in [3.8, 4) is 5.88 Å². The topological polar surface area (TPSA) is 82.3 Å². The Hall–Kier alpha value is -0.550. The Morgan fingerprint density at radius 2 is 2.12 bits per heavy atom. The number of nitrogens with two attached hydrogens (primary N) is 1. The Bertz CT molecular complexity index is 507. The number of methoxy groups -OCH3 is 1. The zero-order chi connectivity index (χ0) is 12.5. The van der Waals surface area contributed by atoms with Crippen LogP contribution in [0.4, 0.5) is 8.78 Å². The molecule has 2 N–H and O–H groups in total. The molecule has 90 valence electrons. The third-order valence-electron chi connectivity index (χ3n) is 1.65. The molecular weight excluding hydrogens is 357 g/mol. The summed E-state index contributed by atoms with van der Waals surface area (Å²) in [5, 5.41) is 3.95. The van der Waals surface area contributed by atoms with E-state index in [0.29, 0.717) is 0 Å². The second-order valence-corrected chi connectivity index (χ2v) is 5.35. The van der Waals surface area contributed by atoms with E-state index in [2.05, 4.69) is 9.72 Å². The van der Waals surface area contributed by atoms with E-state index in [9.17, 15) is 17.2 Å². The lowest BCUT2D eigenvalue weighted by Crippen LogP contribution is -2.18. The highest BCUT2D eigenvalue weighted by Gasteiger charge is 2.26. The number of rotatable bonds is 3. The molecule has 5 nitrogen and oxygen atoms in total. The van der Waals surface area contributed by atoms with Gasteiger partial charge in [-0.25, -0.2) is 22.3 Å². The highest BCUT2D eigenvalue weighted by atomic mass is 127. The van der Waals surface area contributed by atoms with Crippen molar-refractivity contribution in [3.05, 3.63) is 15.2 Å². The van der Waals surface area contributed by atoms with Crippen LogP contribution in [0, 0.1) is 3.57 Å². The van der Waals surface area contributed by atoms with E-state index in [1.54, 1.807) is 22.6 Å². The lowest BCUT2D eigenvalue weighted by Gasteiger charge is -2.10. The summed E-state index contributed by atoms with van der Waals surface area (Å²) in [6.07, 6.45) is -2.97. The van der Waals surface area contributed by atoms with Crippen LogP contribution in [0.15, 0.2) is 11.1 Å². The largest absolute Gasteiger partial charge is 0.481 e. The molecule has 0 aliphatic carbocycles. The number of primary sulfonamides is 1. The van der Waals surface area contributed by atoms with E-state index in [1.165, 1.54) is 13.2 Å². The van der Waals surface area contributed by atoms with Gasteiger partial charge in [0.05, 0.1) is 12.7 Å². The maximum Gasteiger partial charge on any atom is 0.267 e.